The molecule has 1 saturated carbocycles. The fourth-order valence-corrected chi connectivity index (χ4v) is 1.63. The quantitative estimate of drug-likeness (QED) is 0.799. The third-order valence-corrected chi connectivity index (χ3v) is 2.87. The Balaban J connectivity index is 2.52. The monoisotopic (exact) mass is 246 g/mol. The van der Waals surface area contributed by atoms with Crippen LogP contribution in [0.15, 0.2) is 16.6 Å². The van der Waals surface area contributed by atoms with Gasteiger partial charge in [-0.2, -0.15) is 0 Å². The van der Waals surface area contributed by atoms with E-state index in [1.54, 1.807) is 0 Å². The first-order valence-electron chi connectivity index (χ1n) is 3.94. The molecule has 0 aromatic heterocycles. The van der Waals surface area contributed by atoms with Crippen LogP contribution in [0.2, 0.25) is 0 Å². The summed E-state index contributed by atoms with van der Waals surface area (Å²) in [6.45, 7) is 0. The van der Waals surface area contributed by atoms with Crippen LogP contribution in [0.25, 0.3) is 0 Å². The molecule has 0 aliphatic heterocycles. The smallest absolute Gasteiger partial charge is 0.138 e. The van der Waals surface area contributed by atoms with Gasteiger partial charge in [0.1, 0.15) is 11.6 Å². The van der Waals surface area contributed by atoms with Crippen LogP contribution in [0, 0.1) is 5.82 Å². The predicted molar refractivity (Wildman–Crippen MR) is 48.9 cm³/mol. The van der Waals surface area contributed by atoms with E-state index in [1.807, 2.05) is 0 Å². The number of hydrogen-bond acceptors (Lipinski definition) is 2. The number of phenols is 1. The molecule has 0 saturated heterocycles. The Kier molecular flexibility index (Phi) is 1.85. The van der Waals surface area contributed by atoms with Gasteiger partial charge in [0.25, 0.3) is 0 Å². The summed E-state index contributed by atoms with van der Waals surface area (Å²) in [5.74, 6) is -0.526. The molecule has 1 aromatic rings. The molecule has 0 amide bonds. The topological polar surface area (TPSA) is 40.5 Å². The van der Waals surface area contributed by atoms with Crippen molar-refractivity contribution in [2.45, 2.75) is 18.4 Å². The van der Waals surface area contributed by atoms with Gasteiger partial charge in [0.05, 0.1) is 10.1 Å². The molecule has 2 nitrogen and oxygen atoms in total. The Hall–Kier alpha value is -0.610. The zero-order valence-corrected chi connectivity index (χ0v) is 8.31. The maximum Gasteiger partial charge on any atom is 0.138 e. The number of aliphatic hydroxyl groups is 1. The third kappa shape index (κ3) is 1.44. The fraction of sp³-hybridized carbons (Fsp3) is 0.333. The van der Waals surface area contributed by atoms with E-state index in [9.17, 15) is 14.6 Å². The molecule has 4 heteroatoms. The molecule has 1 aromatic carbocycles. The molecular weight excluding hydrogens is 239 g/mol. The minimum Gasteiger partial charge on any atom is -0.508 e. The zero-order chi connectivity index (χ0) is 9.64. The summed E-state index contributed by atoms with van der Waals surface area (Å²) >= 11 is 2.95. The van der Waals surface area contributed by atoms with E-state index in [4.69, 9.17) is 0 Å². The van der Waals surface area contributed by atoms with Gasteiger partial charge in [0.15, 0.2) is 0 Å². The number of phenolic OH excluding ortho intramolecular Hbond substituents is 1. The van der Waals surface area contributed by atoms with Crippen LogP contribution in [-0.2, 0) is 5.60 Å². The Bertz CT molecular complexity index is 361. The standard InChI is InChI=1S/C9H8BrFO2/c10-6-4-8(12)5(3-7(6)11)9(13)1-2-9/h3-4,12-13H,1-2H2. The molecule has 0 radical (unpaired) electrons. The molecule has 1 aliphatic rings. The van der Waals surface area contributed by atoms with Crippen LogP contribution in [0.5, 0.6) is 5.75 Å². The lowest BCUT2D eigenvalue weighted by Crippen LogP contribution is -2.05. The second-order valence-corrected chi connectivity index (χ2v) is 4.17. The molecular formula is C9H8BrFO2. The largest absolute Gasteiger partial charge is 0.508 e. The molecule has 1 fully saturated rings. The van der Waals surface area contributed by atoms with Gasteiger partial charge in [-0.15, -0.1) is 0 Å². The highest BCUT2D eigenvalue weighted by molar-refractivity contribution is 9.10. The van der Waals surface area contributed by atoms with E-state index in [2.05, 4.69) is 15.9 Å². The maximum absolute atomic E-state index is 13.0. The first-order chi connectivity index (χ1) is 6.03. The molecule has 0 atom stereocenters. The Morgan fingerprint density at radius 2 is 2.00 bits per heavy atom. The van der Waals surface area contributed by atoms with Crippen molar-refractivity contribution in [1.29, 1.82) is 0 Å². The molecule has 2 N–H and O–H groups in total. The van der Waals surface area contributed by atoms with E-state index < -0.39 is 11.4 Å². The Morgan fingerprint density at radius 3 is 2.54 bits per heavy atom. The highest BCUT2D eigenvalue weighted by Gasteiger charge is 2.44. The molecule has 13 heavy (non-hydrogen) atoms. The van der Waals surface area contributed by atoms with Crippen LogP contribution in [0.4, 0.5) is 4.39 Å². The van der Waals surface area contributed by atoms with Crippen LogP contribution in [0.3, 0.4) is 0 Å². The summed E-state index contributed by atoms with van der Waals surface area (Å²) in [6, 6.07) is 2.44. The molecule has 2 rings (SSSR count). The summed E-state index contributed by atoms with van der Waals surface area (Å²) in [4.78, 5) is 0. The summed E-state index contributed by atoms with van der Waals surface area (Å²) < 4.78 is 13.3. The Labute approximate surface area is 83.1 Å². The summed E-state index contributed by atoms with van der Waals surface area (Å²) in [6.07, 6.45) is 1.17. The second kappa shape index (κ2) is 2.69. The Morgan fingerprint density at radius 1 is 1.38 bits per heavy atom. The van der Waals surface area contributed by atoms with Gasteiger partial charge < -0.3 is 10.2 Å². The van der Waals surface area contributed by atoms with Crippen molar-refractivity contribution in [2.24, 2.45) is 0 Å². The van der Waals surface area contributed by atoms with E-state index in [0.717, 1.165) is 0 Å². The fourth-order valence-electron chi connectivity index (χ4n) is 1.30. The van der Waals surface area contributed by atoms with Gasteiger partial charge in [-0.05, 0) is 40.9 Å². The molecule has 0 unspecified atom stereocenters. The predicted octanol–water partition coefficient (Wildman–Crippen LogP) is 2.28. The minimum absolute atomic E-state index is 0.0618. The number of halogens is 2. The number of benzene rings is 1. The third-order valence-electron chi connectivity index (χ3n) is 2.26. The van der Waals surface area contributed by atoms with Crippen molar-refractivity contribution in [2.75, 3.05) is 0 Å². The SMILES string of the molecule is Oc1cc(Br)c(F)cc1C1(O)CC1. The normalized spacial score (nSPS) is 18.7. The molecule has 0 spiro atoms. The van der Waals surface area contributed by atoms with Crippen LogP contribution in [0.1, 0.15) is 18.4 Å². The average Bonchev–Trinajstić information content (AvgIpc) is 2.77. The highest BCUT2D eigenvalue weighted by Crippen LogP contribution is 2.49. The first-order valence-corrected chi connectivity index (χ1v) is 4.73. The van der Waals surface area contributed by atoms with Crippen molar-refractivity contribution in [3.63, 3.8) is 0 Å². The van der Waals surface area contributed by atoms with Crippen LogP contribution >= 0.6 is 15.9 Å². The number of rotatable bonds is 1. The van der Waals surface area contributed by atoms with Crippen molar-refractivity contribution >= 4 is 15.9 Å². The minimum atomic E-state index is -0.994. The van der Waals surface area contributed by atoms with E-state index >= 15 is 0 Å². The maximum atomic E-state index is 13.0. The van der Waals surface area contributed by atoms with E-state index in [-0.39, 0.29) is 15.8 Å². The van der Waals surface area contributed by atoms with Crippen LogP contribution in [-0.4, -0.2) is 10.2 Å². The van der Waals surface area contributed by atoms with Crippen molar-refractivity contribution in [1.82, 2.24) is 0 Å². The molecule has 70 valence electrons. The van der Waals surface area contributed by atoms with Gasteiger partial charge in [0, 0.05) is 5.56 Å². The number of hydrogen-bond donors (Lipinski definition) is 2. The highest BCUT2D eigenvalue weighted by atomic mass is 79.9. The summed E-state index contributed by atoms with van der Waals surface area (Å²) in [7, 11) is 0. The summed E-state index contributed by atoms with van der Waals surface area (Å²) in [5.41, 5.74) is -0.709. The van der Waals surface area contributed by atoms with Gasteiger partial charge in [-0.1, -0.05) is 0 Å². The van der Waals surface area contributed by atoms with E-state index in [0.29, 0.717) is 12.8 Å². The molecule has 0 heterocycles. The first kappa shape index (κ1) is 8.97. The lowest BCUT2D eigenvalue weighted by Gasteiger charge is -2.10. The second-order valence-electron chi connectivity index (χ2n) is 3.32. The van der Waals surface area contributed by atoms with Gasteiger partial charge in [0.2, 0.25) is 0 Å². The lowest BCUT2D eigenvalue weighted by atomic mass is 10.1. The van der Waals surface area contributed by atoms with Crippen LogP contribution < -0.4 is 0 Å². The average molecular weight is 247 g/mol. The van der Waals surface area contributed by atoms with Gasteiger partial charge >= 0.3 is 0 Å². The molecule has 0 bridgehead atoms. The van der Waals surface area contributed by atoms with Crippen molar-refractivity contribution in [3.05, 3.63) is 28.0 Å². The molecule has 1 aliphatic carbocycles. The van der Waals surface area contributed by atoms with Crippen molar-refractivity contribution < 1.29 is 14.6 Å². The lowest BCUT2D eigenvalue weighted by molar-refractivity contribution is 0.147. The summed E-state index contributed by atoms with van der Waals surface area (Å²) in [5, 5.41) is 19.1. The van der Waals surface area contributed by atoms with E-state index in [1.165, 1.54) is 12.1 Å². The van der Waals surface area contributed by atoms with Crippen molar-refractivity contribution in [3.8, 4) is 5.75 Å². The van der Waals surface area contributed by atoms with Gasteiger partial charge in [-0.25, -0.2) is 4.39 Å². The zero-order valence-electron chi connectivity index (χ0n) is 6.72. The number of aromatic hydroxyl groups is 1. The van der Waals surface area contributed by atoms with Gasteiger partial charge in [-0.3, -0.25) is 0 Å².